The Kier molecular flexibility index (Phi) is 8.16. The summed E-state index contributed by atoms with van der Waals surface area (Å²) in [5.41, 5.74) is 0.737. The number of para-hydroxylation sites is 1. The zero-order valence-corrected chi connectivity index (χ0v) is 20.0. The van der Waals surface area contributed by atoms with E-state index >= 15 is 0 Å². The maximum Gasteiger partial charge on any atom is 0.237 e. The van der Waals surface area contributed by atoms with Crippen LogP contribution in [0.15, 0.2) is 24.3 Å². The first-order chi connectivity index (χ1) is 15.2. The van der Waals surface area contributed by atoms with Crippen molar-refractivity contribution in [3.05, 3.63) is 29.8 Å². The molecule has 1 spiro atoms. The average molecular weight is 466 g/mol. The number of amides is 2. The summed E-state index contributed by atoms with van der Waals surface area (Å²) < 4.78 is 30.8. The summed E-state index contributed by atoms with van der Waals surface area (Å²) in [5.74, 6) is 0.772. The number of hydrogen-bond donors (Lipinski definition) is 1. The molecule has 1 aromatic carbocycles. The third-order valence-electron chi connectivity index (χ3n) is 6.62. The van der Waals surface area contributed by atoms with Gasteiger partial charge in [-0.3, -0.25) is 9.59 Å². The van der Waals surface area contributed by atoms with E-state index in [1.165, 1.54) is 5.56 Å². The van der Waals surface area contributed by atoms with E-state index < -0.39 is 15.4 Å². The Morgan fingerprint density at radius 2 is 1.81 bits per heavy atom. The lowest BCUT2D eigenvalue weighted by Gasteiger charge is -2.42. The molecule has 0 aromatic heterocycles. The van der Waals surface area contributed by atoms with Gasteiger partial charge >= 0.3 is 0 Å². The van der Waals surface area contributed by atoms with Crippen molar-refractivity contribution in [3.8, 4) is 5.75 Å². The van der Waals surface area contributed by atoms with Crippen LogP contribution in [0.5, 0.6) is 5.75 Å². The third-order valence-corrected chi connectivity index (χ3v) is 7.29. The monoisotopic (exact) mass is 465 g/mol. The number of sulfonamides is 1. The van der Waals surface area contributed by atoms with E-state index in [0.29, 0.717) is 39.1 Å². The molecule has 0 aliphatic carbocycles. The number of likely N-dealkylation sites (N-methyl/N-ethyl adjacent to an activating group) is 1. The summed E-state index contributed by atoms with van der Waals surface area (Å²) in [7, 11) is -1.59. The van der Waals surface area contributed by atoms with E-state index in [2.05, 4.69) is 10.8 Å². The van der Waals surface area contributed by atoms with Gasteiger partial charge in [0, 0.05) is 20.1 Å². The van der Waals surface area contributed by atoms with E-state index in [-0.39, 0.29) is 18.4 Å². The Hall–Kier alpha value is -2.13. The smallest absolute Gasteiger partial charge is 0.237 e. The Labute approximate surface area is 191 Å². The van der Waals surface area contributed by atoms with Crippen molar-refractivity contribution >= 4 is 21.8 Å². The molecule has 1 aromatic rings. The summed E-state index contributed by atoms with van der Waals surface area (Å²) in [6, 6.07) is 8.10. The molecule has 9 heteroatoms. The highest BCUT2D eigenvalue weighted by atomic mass is 32.2. The molecule has 178 valence electrons. The van der Waals surface area contributed by atoms with E-state index in [4.69, 9.17) is 4.74 Å². The van der Waals surface area contributed by atoms with Crippen LogP contribution in [0.25, 0.3) is 0 Å². The molecule has 1 fully saturated rings. The Balaban J connectivity index is 1.65. The fourth-order valence-corrected chi connectivity index (χ4v) is 5.05. The molecule has 2 aliphatic rings. The van der Waals surface area contributed by atoms with Crippen molar-refractivity contribution in [2.45, 2.75) is 44.9 Å². The molecule has 0 unspecified atom stereocenters. The number of carbonyl (C=O) groups is 2. The maximum atomic E-state index is 13.5. The number of fused-ring (bicyclic) bond motifs is 1. The fourth-order valence-electron chi connectivity index (χ4n) is 4.67. The highest BCUT2D eigenvalue weighted by Crippen LogP contribution is 2.39. The van der Waals surface area contributed by atoms with Crippen molar-refractivity contribution in [1.29, 1.82) is 0 Å². The lowest BCUT2D eigenvalue weighted by molar-refractivity contribution is -0.148. The molecule has 2 amide bonds. The van der Waals surface area contributed by atoms with Crippen LogP contribution in [-0.4, -0.2) is 76.1 Å². The zero-order chi connectivity index (χ0) is 23.2. The lowest BCUT2D eigenvalue weighted by Crippen LogP contribution is -2.52. The number of hydrogen-bond acceptors (Lipinski definition) is 5. The van der Waals surface area contributed by atoms with Crippen molar-refractivity contribution in [1.82, 2.24) is 14.5 Å². The fraction of sp³-hybridized carbons (Fsp3) is 0.652. The summed E-state index contributed by atoms with van der Waals surface area (Å²) in [5, 5.41) is 0. The van der Waals surface area contributed by atoms with Gasteiger partial charge in [-0.05, 0) is 43.7 Å². The van der Waals surface area contributed by atoms with Gasteiger partial charge in [0.1, 0.15) is 12.4 Å². The summed E-state index contributed by atoms with van der Waals surface area (Å²) >= 11 is 0. The Morgan fingerprint density at radius 3 is 2.53 bits per heavy atom. The number of rotatable bonds is 3. The van der Waals surface area contributed by atoms with Crippen LogP contribution in [0.4, 0.5) is 0 Å². The predicted molar refractivity (Wildman–Crippen MR) is 123 cm³/mol. The largest absolute Gasteiger partial charge is 0.491 e. The number of carbonyl (C=O) groups excluding carboxylic acids is 2. The van der Waals surface area contributed by atoms with E-state index in [9.17, 15) is 18.0 Å². The molecular formula is C23H35N3O5S. The molecule has 0 radical (unpaired) electrons. The SMILES string of the molecule is CN1CCOc2ccccc2CCCCCC2(CCN(C(=O)CNS(C)(=O)=O)CC2)C1=O. The van der Waals surface area contributed by atoms with Crippen LogP contribution in [0.1, 0.15) is 44.1 Å². The number of likely N-dealkylation sites (tertiary alicyclic amines) is 1. The molecule has 32 heavy (non-hydrogen) atoms. The van der Waals surface area contributed by atoms with Crippen LogP contribution >= 0.6 is 0 Å². The standard InChI is InChI=1S/C23H35N3O5S/c1-25-16-17-31-20-10-6-5-9-19(20)8-4-3-7-11-23(22(25)28)12-14-26(15-13-23)21(27)18-24-32(2,29)30/h5-6,9-10,24H,3-4,7-8,11-18H2,1-2H3. The molecule has 1 N–H and O–H groups in total. The number of nitrogens with zero attached hydrogens (tertiary/aromatic N) is 2. The van der Waals surface area contributed by atoms with E-state index in [0.717, 1.165) is 44.1 Å². The molecule has 8 nitrogen and oxygen atoms in total. The first kappa shape index (κ1) is 24.5. The van der Waals surface area contributed by atoms with Crippen molar-refractivity contribution in [2.24, 2.45) is 5.41 Å². The van der Waals surface area contributed by atoms with Gasteiger partial charge in [-0.1, -0.05) is 31.0 Å². The van der Waals surface area contributed by atoms with Crippen LogP contribution in [-0.2, 0) is 26.0 Å². The van der Waals surface area contributed by atoms with Crippen LogP contribution in [0.2, 0.25) is 0 Å². The van der Waals surface area contributed by atoms with E-state index in [1.807, 2.05) is 25.2 Å². The van der Waals surface area contributed by atoms with Gasteiger partial charge in [0.2, 0.25) is 21.8 Å². The van der Waals surface area contributed by atoms with Crippen LogP contribution < -0.4 is 9.46 Å². The first-order valence-corrected chi connectivity index (χ1v) is 13.3. The molecule has 1 saturated heterocycles. The number of piperidine rings is 1. The minimum absolute atomic E-state index is 0.120. The van der Waals surface area contributed by atoms with Crippen molar-refractivity contribution in [2.75, 3.05) is 46.1 Å². The molecule has 0 bridgehead atoms. The van der Waals surface area contributed by atoms with Gasteiger partial charge in [0.15, 0.2) is 0 Å². The maximum absolute atomic E-state index is 13.5. The van der Waals surface area contributed by atoms with Gasteiger partial charge in [0.25, 0.3) is 0 Å². The summed E-state index contributed by atoms with van der Waals surface area (Å²) in [6.45, 7) is 1.64. The van der Waals surface area contributed by atoms with Gasteiger partial charge in [-0.2, -0.15) is 0 Å². The molecular weight excluding hydrogens is 430 g/mol. The van der Waals surface area contributed by atoms with Crippen LogP contribution in [0.3, 0.4) is 0 Å². The Bertz CT molecular complexity index is 910. The molecule has 0 saturated carbocycles. The quantitative estimate of drug-likeness (QED) is 0.734. The van der Waals surface area contributed by atoms with E-state index in [1.54, 1.807) is 9.80 Å². The Morgan fingerprint density at radius 1 is 1.09 bits per heavy atom. The van der Waals surface area contributed by atoms with Gasteiger partial charge in [0.05, 0.1) is 24.8 Å². The number of ether oxygens (including phenoxy) is 1. The second kappa shape index (κ2) is 10.7. The highest BCUT2D eigenvalue weighted by Gasteiger charge is 2.43. The predicted octanol–water partition coefficient (Wildman–Crippen LogP) is 1.80. The second-order valence-electron chi connectivity index (χ2n) is 9.00. The van der Waals surface area contributed by atoms with Gasteiger partial charge in [-0.25, -0.2) is 13.1 Å². The summed E-state index contributed by atoms with van der Waals surface area (Å²) in [6.07, 6.45) is 7.05. The molecule has 2 aliphatic heterocycles. The lowest BCUT2D eigenvalue weighted by atomic mass is 9.73. The normalized spacial score (nSPS) is 20.5. The van der Waals surface area contributed by atoms with Crippen molar-refractivity contribution < 1.29 is 22.7 Å². The highest BCUT2D eigenvalue weighted by molar-refractivity contribution is 7.88. The first-order valence-electron chi connectivity index (χ1n) is 11.4. The average Bonchev–Trinajstić information content (AvgIpc) is 2.77. The van der Waals surface area contributed by atoms with Gasteiger partial charge < -0.3 is 14.5 Å². The molecule has 0 atom stereocenters. The van der Waals surface area contributed by atoms with Crippen molar-refractivity contribution in [3.63, 3.8) is 0 Å². The number of benzene rings is 1. The minimum atomic E-state index is -3.42. The molecule has 3 rings (SSSR count). The van der Waals surface area contributed by atoms with Gasteiger partial charge in [-0.15, -0.1) is 0 Å². The second-order valence-corrected chi connectivity index (χ2v) is 10.8. The van der Waals surface area contributed by atoms with Crippen LogP contribution in [0, 0.1) is 5.41 Å². The number of nitrogens with one attached hydrogen (secondary N) is 1. The number of aryl methyl sites for hydroxylation is 1. The summed E-state index contributed by atoms with van der Waals surface area (Å²) in [4.78, 5) is 29.3. The topological polar surface area (TPSA) is 96.0 Å². The minimum Gasteiger partial charge on any atom is -0.491 e. The molecule has 2 heterocycles. The third kappa shape index (κ3) is 6.45. The zero-order valence-electron chi connectivity index (χ0n) is 19.1.